The van der Waals surface area contributed by atoms with Crippen LogP contribution in [0.2, 0.25) is 5.02 Å². The van der Waals surface area contributed by atoms with Gasteiger partial charge in [0.1, 0.15) is 0 Å². The van der Waals surface area contributed by atoms with Gasteiger partial charge in [-0.25, -0.2) is 4.68 Å². The number of amides is 1. The summed E-state index contributed by atoms with van der Waals surface area (Å²) < 4.78 is 6.08. The van der Waals surface area contributed by atoms with E-state index in [0.717, 1.165) is 28.5 Å². The quantitative estimate of drug-likeness (QED) is 0.422. The van der Waals surface area contributed by atoms with Gasteiger partial charge in [0, 0.05) is 22.1 Å². The summed E-state index contributed by atoms with van der Waals surface area (Å²) in [6.45, 7) is 10.3. The van der Waals surface area contributed by atoms with Gasteiger partial charge in [0.2, 0.25) is 5.13 Å². The molecule has 0 atom stereocenters. The van der Waals surface area contributed by atoms with Crippen molar-refractivity contribution in [1.29, 1.82) is 0 Å². The molecule has 0 spiro atoms. The Hall–Kier alpha value is -3.10. The summed E-state index contributed by atoms with van der Waals surface area (Å²) in [4.78, 5) is 17.1. The van der Waals surface area contributed by atoms with Gasteiger partial charge in [-0.3, -0.25) is 10.1 Å². The Morgan fingerprint density at radius 2 is 1.81 bits per heavy atom. The van der Waals surface area contributed by atoms with Crippen LogP contribution in [0.3, 0.4) is 0 Å². The molecule has 1 amide bonds. The molecule has 0 saturated heterocycles. The zero-order valence-corrected chi connectivity index (χ0v) is 20.0. The third-order valence-corrected chi connectivity index (χ3v) is 6.03. The van der Waals surface area contributed by atoms with Crippen molar-refractivity contribution >= 4 is 34.2 Å². The van der Waals surface area contributed by atoms with Gasteiger partial charge in [-0.15, -0.1) is 5.10 Å². The topological polar surface area (TPSA) is 85.6 Å². The lowest BCUT2D eigenvalue weighted by molar-refractivity contribution is 0.102. The molecule has 0 saturated carbocycles. The van der Waals surface area contributed by atoms with E-state index < -0.39 is 0 Å². The number of benzene rings is 2. The van der Waals surface area contributed by atoms with E-state index in [9.17, 15) is 4.79 Å². The average Bonchev–Trinajstić information content (AvgIpc) is 3.35. The van der Waals surface area contributed by atoms with E-state index in [0.29, 0.717) is 27.2 Å². The van der Waals surface area contributed by atoms with Gasteiger partial charge in [-0.05, 0) is 54.7 Å². The number of hydrogen-bond acceptors (Lipinski definition) is 6. The van der Waals surface area contributed by atoms with Crippen molar-refractivity contribution in [1.82, 2.24) is 24.4 Å². The van der Waals surface area contributed by atoms with Crippen molar-refractivity contribution in [3.05, 3.63) is 69.9 Å². The minimum Gasteiger partial charge on any atom is -0.297 e. The van der Waals surface area contributed by atoms with Crippen LogP contribution < -0.4 is 5.32 Å². The van der Waals surface area contributed by atoms with Crippen LogP contribution in [-0.4, -0.2) is 30.3 Å². The minimum absolute atomic E-state index is 0.0298. The second-order valence-electron chi connectivity index (χ2n) is 8.57. The molecular formula is C23H23ClN6OS. The molecule has 0 bridgehead atoms. The average molecular weight is 467 g/mol. The number of halogens is 1. The molecule has 4 rings (SSSR count). The summed E-state index contributed by atoms with van der Waals surface area (Å²) in [7, 11) is 0. The molecule has 32 heavy (non-hydrogen) atoms. The molecular weight excluding hydrogens is 444 g/mol. The highest BCUT2D eigenvalue weighted by Crippen LogP contribution is 2.27. The molecule has 0 fully saturated rings. The smallest absolute Gasteiger partial charge is 0.257 e. The van der Waals surface area contributed by atoms with E-state index in [1.54, 1.807) is 4.68 Å². The summed E-state index contributed by atoms with van der Waals surface area (Å²) in [5.74, 6) is 0.180. The van der Waals surface area contributed by atoms with E-state index in [1.165, 1.54) is 5.56 Å². The second-order valence-corrected chi connectivity index (χ2v) is 9.76. The molecule has 1 N–H and O–H groups in total. The van der Waals surface area contributed by atoms with Crippen LogP contribution >= 0.6 is 23.1 Å². The molecule has 9 heteroatoms. The van der Waals surface area contributed by atoms with Crippen LogP contribution in [0.1, 0.15) is 48.0 Å². The number of carbonyl (C=O) groups is 1. The Bertz CT molecular complexity index is 1290. The Kier molecular flexibility index (Phi) is 5.83. The van der Waals surface area contributed by atoms with Crippen molar-refractivity contribution in [3.63, 3.8) is 0 Å². The predicted octanol–water partition coefficient (Wildman–Crippen LogP) is 5.61. The van der Waals surface area contributed by atoms with Crippen LogP contribution in [0.4, 0.5) is 5.13 Å². The predicted molar refractivity (Wildman–Crippen MR) is 128 cm³/mol. The van der Waals surface area contributed by atoms with Crippen LogP contribution in [0.25, 0.3) is 17.2 Å². The number of rotatable bonds is 4. The van der Waals surface area contributed by atoms with Gasteiger partial charge < -0.3 is 0 Å². The normalized spacial score (nSPS) is 11.6. The van der Waals surface area contributed by atoms with E-state index in [-0.39, 0.29) is 11.3 Å². The number of anilines is 1. The van der Waals surface area contributed by atoms with Crippen LogP contribution in [0.5, 0.6) is 0 Å². The van der Waals surface area contributed by atoms with Gasteiger partial charge in [-0.2, -0.15) is 9.36 Å². The fraction of sp³-hybridized carbons (Fsp3) is 0.261. The number of carbonyl (C=O) groups excluding carboxylic acids is 1. The molecule has 4 aromatic rings. The molecule has 0 aliphatic rings. The van der Waals surface area contributed by atoms with E-state index >= 15 is 0 Å². The number of aryl methyl sites for hydroxylation is 1. The Balaban J connectivity index is 1.54. The number of nitrogens with one attached hydrogen (secondary N) is 1. The lowest BCUT2D eigenvalue weighted by Crippen LogP contribution is -2.14. The second kappa shape index (κ2) is 8.44. The Morgan fingerprint density at radius 1 is 1.09 bits per heavy atom. The Labute approximate surface area is 195 Å². The maximum atomic E-state index is 12.6. The van der Waals surface area contributed by atoms with E-state index in [4.69, 9.17) is 11.6 Å². The lowest BCUT2D eigenvalue weighted by atomic mass is 9.87. The number of hydrogen-bond donors (Lipinski definition) is 1. The van der Waals surface area contributed by atoms with Crippen molar-refractivity contribution < 1.29 is 4.79 Å². The first-order valence-corrected chi connectivity index (χ1v) is 11.2. The van der Waals surface area contributed by atoms with E-state index in [1.807, 2.05) is 56.3 Å². The summed E-state index contributed by atoms with van der Waals surface area (Å²) >= 11 is 7.25. The highest BCUT2D eigenvalue weighted by atomic mass is 35.5. The maximum absolute atomic E-state index is 12.6. The number of nitrogens with zero attached hydrogens (tertiary/aromatic N) is 5. The fourth-order valence-electron chi connectivity index (χ4n) is 3.24. The van der Waals surface area contributed by atoms with Crippen molar-refractivity contribution in [2.75, 3.05) is 5.32 Å². The monoisotopic (exact) mass is 466 g/mol. The SMILES string of the molecule is Cc1ccc(Cl)cc1-n1nnc(-c2nsc(NC(=O)c3ccc(C(C)(C)C)cc3)n2)c1C. The van der Waals surface area contributed by atoms with Crippen molar-refractivity contribution in [2.24, 2.45) is 0 Å². The highest BCUT2D eigenvalue weighted by Gasteiger charge is 2.19. The van der Waals surface area contributed by atoms with Crippen LogP contribution in [0, 0.1) is 13.8 Å². The van der Waals surface area contributed by atoms with Crippen LogP contribution in [0.15, 0.2) is 42.5 Å². The van der Waals surface area contributed by atoms with Gasteiger partial charge >= 0.3 is 0 Å². The molecule has 7 nitrogen and oxygen atoms in total. The highest BCUT2D eigenvalue weighted by molar-refractivity contribution is 7.10. The molecule has 0 radical (unpaired) electrons. The molecule has 2 aromatic carbocycles. The third-order valence-electron chi connectivity index (χ3n) is 5.17. The maximum Gasteiger partial charge on any atom is 0.257 e. The molecule has 2 aromatic heterocycles. The fourth-order valence-corrected chi connectivity index (χ4v) is 3.97. The minimum atomic E-state index is -0.233. The molecule has 0 unspecified atom stereocenters. The first kappa shape index (κ1) is 22.1. The van der Waals surface area contributed by atoms with Gasteiger partial charge in [-0.1, -0.05) is 55.8 Å². The molecule has 2 heterocycles. The summed E-state index contributed by atoms with van der Waals surface area (Å²) in [6.07, 6.45) is 0. The third kappa shape index (κ3) is 4.42. The molecule has 164 valence electrons. The first-order valence-electron chi connectivity index (χ1n) is 10.1. The van der Waals surface area contributed by atoms with Gasteiger partial charge in [0.05, 0.1) is 11.4 Å². The lowest BCUT2D eigenvalue weighted by Gasteiger charge is -2.18. The number of aromatic nitrogens is 5. The standard InChI is InChI=1S/C23H23ClN6OS/c1-13-6-11-17(24)12-18(13)30-14(2)19(27-29-30)20-25-22(32-28-20)26-21(31)15-7-9-16(10-8-15)23(3,4)5/h6-12H,1-5H3,(H,25,26,28,31). The van der Waals surface area contributed by atoms with Crippen LogP contribution in [-0.2, 0) is 5.41 Å². The summed E-state index contributed by atoms with van der Waals surface area (Å²) in [5.41, 5.74) is 4.96. The van der Waals surface area contributed by atoms with E-state index in [2.05, 4.69) is 45.8 Å². The van der Waals surface area contributed by atoms with Crippen molar-refractivity contribution in [3.8, 4) is 17.2 Å². The summed E-state index contributed by atoms with van der Waals surface area (Å²) in [6, 6.07) is 13.2. The van der Waals surface area contributed by atoms with Gasteiger partial charge in [0.25, 0.3) is 5.91 Å². The van der Waals surface area contributed by atoms with Gasteiger partial charge in [0.15, 0.2) is 11.5 Å². The Morgan fingerprint density at radius 3 is 2.50 bits per heavy atom. The summed E-state index contributed by atoms with van der Waals surface area (Å²) in [5, 5.41) is 12.3. The zero-order chi connectivity index (χ0) is 23.0. The molecule has 0 aliphatic carbocycles. The molecule has 0 aliphatic heterocycles. The first-order chi connectivity index (χ1) is 15.1. The zero-order valence-electron chi connectivity index (χ0n) is 18.5. The largest absolute Gasteiger partial charge is 0.297 e. The van der Waals surface area contributed by atoms with Crippen molar-refractivity contribution in [2.45, 2.75) is 40.0 Å².